The maximum absolute atomic E-state index is 11.8. The molecule has 3 nitrogen and oxygen atoms in total. The third-order valence-corrected chi connectivity index (χ3v) is 3.01. The second kappa shape index (κ2) is 4.56. The molecule has 0 aromatic heterocycles. The molecule has 0 bridgehead atoms. The number of fused-ring (bicyclic) bond motifs is 1. The minimum atomic E-state index is 0.189. The Balaban J connectivity index is 2.39. The van der Waals surface area contributed by atoms with Crippen molar-refractivity contribution in [3.63, 3.8) is 0 Å². The van der Waals surface area contributed by atoms with Gasteiger partial charge in [0.05, 0.1) is 12.8 Å². The first-order chi connectivity index (χ1) is 7.76. The largest absolute Gasteiger partial charge is 0.497 e. The van der Waals surface area contributed by atoms with Crippen LogP contribution in [0.1, 0.15) is 25.3 Å². The zero-order valence-corrected chi connectivity index (χ0v) is 9.82. The third kappa shape index (κ3) is 1.90. The minimum absolute atomic E-state index is 0.189. The molecule has 1 aromatic carbocycles. The average molecular weight is 219 g/mol. The van der Waals surface area contributed by atoms with Gasteiger partial charge in [-0.2, -0.15) is 0 Å². The lowest BCUT2D eigenvalue weighted by Crippen LogP contribution is -2.34. The highest BCUT2D eigenvalue weighted by atomic mass is 16.5. The summed E-state index contributed by atoms with van der Waals surface area (Å²) in [6.45, 7) is 2.73. The summed E-state index contributed by atoms with van der Waals surface area (Å²) in [6.07, 6.45) is 2.65. The van der Waals surface area contributed by atoms with Crippen molar-refractivity contribution in [1.82, 2.24) is 0 Å². The number of carbonyl (C=O) groups excluding carboxylic acids is 1. The molecule has 0 saturated heterocycles. The van der Waals surface area contributed by atoms with Crippen LogP contribution in [0.4, 0.5) is 5.69 Å². The van der Waals surface area contributed by atoms with Crippen molar-refractivity contribution in [1.29, 1.82) is 0 Å². The fourth-order valence-electron chi connectivity index (χ4n) is 2.13. The molecule has 1 heterocycles. The number of amides is 1. The normalized spacial score (nSPS) is 14.5. The number of methoxy groups -OCH3 is 1. The highest BCUT2D eigenvalue weighted by Gasteiger charge is 2.21. The summed E-state index contributed by atoms with van der Waals surface area (Å²) in [5.41, 5.74) is 2.27. The van der Waals surface area contributed by atoms with Crippen molar-refractivity contribution in [2.24, 2.45) is 0 Å². The van der Waals surface area contributed by atoms with E-state index in [0.29, 0.717) is 6.42 Å². The molecule has 0 aliphatic carbocycles. The number of rotatable bonds is 2. The Labute approximate surface area is 96.0 Å². The van der Waals surface area contributed by atoms with E-state index < -0.39 is 0 Å². The molecule has 0 spiro atoms. The summed E-state index contributed by atoms with van der Waals surface area (Å²) in [4.78, 5) is 13.7. The van der Waals surface area contributed by atoms with Crippen molar-refractivity contribution in [3.8, 4) is 5.75 Å². The molecular formula is C13H17NO2. The smallest absolute Gasteiger partial charge is 0.226 e. The number of hydrogen-bond donors (Lipinski definition) is 0. The lowest BCUT2D eigenvalue weighted by Gasteiger charge is -2.29. The fraction of sp³-hybridized carbons (Fsp3) is 0.462. The van der Waals surface area contributed by atoms with Crippen molar-refractivity contribution >= 4 is 11.6 Å². The van der Waals surface area contributed by atoms with Crippen molar-refractivity contribution in [2.75, 3.05) is 18.6 Å². The SMILES string of the molecule is CCC(=O)N1CCCc2ccc(OC)cc21. The number of nitrogens with zero attached hydrogens (tertiary/aromatic N) is 1. The predicted octanol–water partition coefficient (Wildman–Crippen LogP) is 2.38. The number of benzene rings is 1. The van der Waals surface area contributed by atoms with Crippen LogP contribution >= 0.6 is 0 Å². The number of aryl methyl sites for hydroxylation is 1. The van der Waals surface area contributed by atoms with Crippen LogP contribution in [0.15, 0.2) is 18.2 Å². The van der Waals surface area contributed by atoms with Gasteiger partial charge in [0.1, 0.15) is 5.75 Å². The molecule has 0 radical (unpaired) electrons. The van der Waals surface area contributed by atoms with Gasteiger partial charge in [0, 0.05) is 19.0 Å². The van der Waals surface area contributed by atoms with Crippen molar-refractivity contribution in [2.45, 2.75) is 26.2 Å². The third-order valence-electron chi connectivity index (χ3n) is 3.01. The molecule has 1 aromatic rings. The molecule has 86 valence electrons. The van der Waals surface area contributed by atoms with Crippen LogP contribution in [-0.2, 0) is 11.2 Å². The Morgan fingerprint density at radius 2 is 2.31 bits per heavy atom. The van der Waals surface area contributed by atoms with Crippen molar-refractivity contribution < 1.29 is 9.53 Å². The summed E-state index contributed by atoms with van der Waals surface area (Å²) in [5.74, 6) is 1.00. The molecule has 3 heteroatoms. The first kappa shape index (κ1) is 11.0. The standard InChI is InChI=1S/C13H17NO2/c1-3-13(15)14-8-4-5-10-6-7-11(16-2)9-12(10)14/h6-7,9H,3-5,8H2,1-2H3. The van der Waals surface area contributed by atoms with Gasteiger partial charge < -0.3 is 9.64 Å². The molecule has 16 heavy (non-hydrogen) atoms. The quantitative estimate of drug-likeness (QED) is 0.764. The van der Waals surface area contributed by atoms with Gasteiger partial charge in [0.15, 0.2) is 0 Å². The van der Waals surface area contributed by atoms with Gasteiger partial charge in [-0.15, -0.1) is 0 Å². The van der Waals surface area contributed by atoms with Crippen LogP contribution in [0.2, 0.25) is 0 Å². The Kier molecular flexibility index (Phi) is 3.13. The van der Waals surface area contributed by atoms with E-state index in [0.717, 1.165) is 30.8 Å². The first-order valence-electron chi connectivity index (χ1n) is 5.73. The average Bonchev–Trinajstić information content (AvgIpc) is 2.36. The van der Waals surface area contributed by atoms with Gasteiger partial charge in [-0.1, -0.05) is 13.0 Å². The van der Waals surface area contributed by atoms with E-state index in [2.05, 4.69) is 6.07 Å². The van der Waals surface area contributed by atoms with Crippen LogP contribution in [0, 0.1) is 0 Å². The van der Waals surface area contributed by atoms with Crippen LogP contribution in [0.3, 0.4) is 0 Å². The molecule has 0 N–H and O–H groups in total. The molecule has 0 fully saturated rings. The van der Waals surface area contributed by atoms with E-state index in [1.807, 2.05) is 24.0 Å². The first-order valence-corrected chi connectivity index (χ1v) is 5.73. The van der Waals surface area contributed by atoms with Crippen LogP contribution in [0.5, 0.6) is 5.75 Å². The molecule has 0 saturated carbocycles. The molecule has 0 unspecified atom stereocenters. The predicted molar refractivity (Wildman–Crippen MR) is 64.0 cm³/mol. The monoisotopic (exact) mass is 219 g/mol. The summed E-state index contributed by atoms with van der Waals surface area (Å²) in [5, 5.41) is 0. The van der Waals surface area contributed by atoms with Gasteiger partial charge in [0.2, 0.25) is 5.91 Å². The van der Waals surface area contributed by atoms with Gasteiger partial charge >= 0.3 is 0 Å². The highest BCUT2D eigenvalue weighted by molar-refractivity contribution is 5.94. The number of ether oxygens (including phenoxy) is 1. The second-order valence-corrected chi connectivity index (χ2v) is 4.00. The molecule has 0 atom stereocenters. The van der Waals surface area contributed by atoms with E-state index in [1.54, 1.807) is 7.11 Å². The topological polar surface area (TPSA) is 29.5 Å². The molecule has 1 aliphatic heterocycles. The number of hydrogen-bond acceptors (Lipinski definition) is 2. The lowest BCUT2D eigenvalue weighted by molar-refractivity contribution is -0.118. The minimum Gasteiger partial charge on any atom is -0.497 e. The molecule has 2 rings (SSSR count). The van der Waals surface area contributed by atoms with E-state index in [1.165, 1.54) is 5.56 Å². The molecular weight excluding hydrogens is 202 g/mol. The second-order valence-electron chi connectivity index (χ2n) is 4.00. The Morgan fingerprint density at radius 1 is 1.50 bits per heavy atom. The van der Waals surface area contributed by atoms with E-state index in [9.17, 15) is 4.79 Å². The van der Waals surface area contributed by atoms with Crippen LogP contribution < -0.4 is 9.64 Å². The molecule has 1 aliphatic rings. The maximum atomic E-state index is 11.8. The summed E-state index contributed by atoms with van der Waals surface area (Å²) in [7, 11) is 1.65. The fourth-order valence-corrected chi connectivity index (χ4v) is 2.13. The van der Waals surface area contributed by atoms with Gasteiger partial charge in [-0.05, 0) is 24.5 Å². The Hall–Kier alpha value is -1.51. The zero-order valence-electron chi connectivity index (χ0n) is 9.82. The molecule has 1 amide bonds. The summed E-state index contributed by atoms with van der Waals surface area (Å²) in [6, 6.07) is 5.98. The summed E-state index contributed by atoms with van der Waals surface area (Å²) < 4.78 is 5.20. The van der Waals surface area contributed by atoms with Gasteiger partial charge in [-0.25, -0.2) is 0 Å². The number of carbonyl (C=O) groups is 1. The van der Waals surface area contributed by atoms with E-state index in [4.69, 9.17) is 4.74 Å². The van der Waals surface area contributed by atoms with Gasteiger partial charge in [0.25, 0.3) is 0 Å². The lowest BCUT2D eigenvalue weighted by atomic mass is 10.0. The summed E-state index contributed by atoms with van der Waals surface area (Å²) >= 11 is 0. The maximum Gasteiger partial charge on any atom is 0.226 e. The van der Waals surface area contributed by atoms with Crippen LogP contribution in [-0.4, -0.2) is 19.6 Å². The van der Waals surface area contributed by atoms with Crippen molar-refractivity contribution in [3.05, 3.63) is 23.8 Å². The van der Waals surface area contributed by atoms with E-state index >= 15 is 0 Å². The Morgan fingerprint density at radius 3 is 3.00 bits per heavy atom. The van der Waals surface area contributed by atoms with E-state index in [-0.39, 0.29) is 5.91 Å². The number of anilines is 1. The zero-order chi connectivity index (χ0) is 11.5. The highest BCUT2D eigenvalue weighted by Crippen LogP contribution is 2.31. The Bertz CT molecular complexity index is 401. The van der Waals surface area contributed by atoms with Gasteiger partial charge in [-0.3, -0.25) is 4.79 Å². The van der Waals surface area contributed by atoms with Crippen LogP contribution in [0.25, 0.3) is 0 Å².